The van der Waals surface area contributed by atoms with Gasteiger partial charge in [-0.2, -0.15) is 0 Å². The number of unbranched alkanes of at least 4 members (excludes halogenated alkanes) is 23. The molecule has 4 N–H and O–H groups in total. The van der Waals surface area contributed by atoms with Crippen molar-refractivity contribution in [3.63, 3.8) is 0 Å². The summed E-state index contributed by atoms with van der Waals surface area (Å²) in [5.74, 6) is -0.286. The number of hydrogen-bond donors (Lipinski definition) is 4. The van der Waals surface area contributed by atoms with Crippen LogP contribution in [0.4, 0.5) is 0 Å². The van der Waals surface area contributed by atoms with Crippen LogP contribution in [0.5, 0.6) is 0 Å². The van der Waals surface area contributed by atoms with Gasteiger partial charge in [0.25, 0.3) is 0 Å². The zero-order valence-corrected chi connectivity index (χ0v) is 27.0. The molecule has 1 amide bonds. The van der Waals surface area contributed by atoms with Crippen molar-refractivity contribution in [2.45, 2.75) is 212 Å². The van der Waals surface area contributed by atoms with E-state index in [0.717, 1.165) is 25.7 Å². The van der Waals surface area contributed by atoms with Gasteiger partial charge in [0, 0.05) is 0 Å². The smallest absolute Gasteiger partial charge is 0.222 e. The Balaban J connectivity index is 3.60. The highest BCUT2D eigenvalue weighted by atomic mass is 16.3. The highest BCUT2D eigenvalue weighted by Crippen LogP contribution is 2.16. The average Bonchev–Trinajstić information content (AvgIpc) is 2.94. The maximum Gasteiger partial charge on any atom is 0.222 e. The predicted molar refractivity (Wildman–Crippen MR) is 172 cm³/mol. The Kier molecular flexibility index (Phi) is 30.8. The normalized spacial score (nSPS) is 13.8. The van der Waals surface area contributed by atoms with Crippen molar-refractivity contribution in [1.82, 2.24) is 5.32 Å². The standard InChI is InChI=1S/C35H71NO4/c1-3-5-7-9-11-12-13-14-15-16-17-18-19-20-21-23-25-27-29-34(39)33(31-37)36-35(40)30-32(38)28-26-24-22-10-8-6-4-2/h32-34,37-39H,3-31H2,1-2H3,(H,36,40). The summed E-state index contributed by atoms with van der Waals surface area (Å²) in [6.45, 7) is 4.21. The fourth-order valence-electron chi connectivity index (χ4n) is 5.64. The molecule has 5 heteroatoms. The zero-order valence-electron chi connectivity index (χ0n) is 27.0. The molecule has 0 radical (unpaired) electrons. The van der Waals surface area contributed by atoms with Crippen molar-refractivity contribution in [3.8, 4) is 0 Å². The van der Waals surface area contributed by atoms with E-state index in [1.807, 2.05) is 0 Å². The summed E-state index contributed by atoms with van der Waals surface area (Å²) in [7, 11) is 0. The molecule has 5 nitrogen and oxygen atoms in total. The minimum Gasteiger partial charge on any atom is -0.394 e. The largest absolute Gasteiger partial charge is 0.394 e. The summed E-state index contributed by atoms with van der Waals surface area (Å²) in [6.07, 6.45) is 32.1. The van der Waals surface area contributed by atoms with Gasteiger partial charge in [0.2, 0.25) is 5.91 Å². The highest BCUT2D eigenvalue weighted by molar-refractivity contribution is 5.76. The lowest BCUT2D eigenvalue weighted by molar-refractivity contribution is -0.125. The van der Waals surface area contributed by atoms with E-state index in [1.165, 1.54) is 135 Å². The molecule has 0 aliphatic heterocycles. The first-order valence-corrected chi connectivity index (χ1v) is 17.8. The molecule has 0 aliphatic rings. The third-order valence-corrected chi connectivity index (χ3v) is 8.42. The monoisotopic (exact) mass is 570 g/mol. The van der Waals surface area contributed by atoms with Gasteiger partial charge in [-0.1, -0.05) is 174 Å². The predicted octanol–water partition coefficient (Wildman–Crippen LogP) is 9.15. The molecular weight excluding hydrogens is 498 g/mol. The second-order valence-electron chi connectivity index (χ2n) is 12.5. The maximum absolute atomic E-state index is 12.3. The Bertz CT molecular complexity index is 516. The summed E-state index contributed by atoms with van der Waals surface area (Å²) in [5.41, 5.74) is 0. The van der Waals surface area contributed by atoms with E-state index in [0.29, 0.717) is 12.8 Å². The summed E-state index contributed by atoms with van der Waals surface area (Å²) >= 11 is 0. The minimum atomic E-state index is -0.740. The van der Waals surface area contributed by atoms with Gasteiger partial charge in [-0.15, -0.1) is 0 Å². The van der Waals surface area contributed by atoms with Crippen molar-refractivity contribution in [3.05, 3.63) is 0 Å². The molecule has 0 aromatic heterocycles. The molecule has 0 fully saturated rings. The van der Waals surface area contributed by atoms with Gasteiger partial charge in [-0.25, -0.2) is 0 Å². The molecular formula is C35H71NO4. The molecule has 240 valence electrons. The number of carbonyl (C=O) groups is 1. The van der Waals surface area contributed by atoms with Crippen molar-refractivity contribution >= 4 is 5.91 Å². The number of carbonyl (C=O) groups excluding carboxylic acids is 1. The maximum atomic E-state index is 12.3. The van der Waals surface area contributed by atoms with E-state index in [2.05, 4.69) is 19.2 Å². The van der Waals surface area contributed by atoms with Gasteiger partial charge in [0.15, 0.2) is 0 Å². The quantitative estimate of drug-likeness (QED) is 0.0608. The van der Waals surface area contributed by atoms with Crippen LogP contribution < -0.4 is 5.32 Å². The summed E-state index contributed by atoms with van der Waals surface area (Å²) in [6, 6.07) is -0.649. The van der Waals surface area contributed by atoms with E-state index >= 15 is 0 Å². The molecule has 3 unspecified atom stereocenters. The molecule has 0 saturated heterocycles. The second-order valence-corrected chi connectivity index (χ2v) is 12.5. The first-order chi connectivity index (χ1) is 19.5. The lowest BCUT2D eigenvalue weighted by atomic mass is 10.0. The van der Waals surface area contributed by atoms with Crippen LogP contribution in [-0.2, 0) is 4.79 Å². The van der Waals surface area contributed by atoms with Gasteiger partial charge in [-0.05, 0) is 12.8 Å². The van der Waals surface area contributed by atoms with Crippen LogP contribution in [0, 0.1) is 0 Å². The molecule has 0 aliphatic carbocycles. The highest BCUT2D eigenvalue weighted by Gasteiger charge is 2.21. The fraction of sp³-hybridized carbons (Fsp3) is 0.971. The van der Waals surface area contributed by atoms with Crippen LogP contribution >= 0.6 is 0 Å². The van der Waals surface area contributed by atoms with E-state index in [-0.39, 0.29) is 18.9 Å². The average molecular weight is 570 g/mol. The van der Waals surface area contributed by atoms with Gasteiger partial charge in [0.05, 0.1) is 31.3 Å². The lowest BCUT2D eigenvalue weighted by Gasteiger charge is -2.23. The van der Waals surface area contributed by atoms with E-state index in [4.69, 9.17) is 0 Å². The molecule has 0 spiro atoms. The Morgan fingerprint density at radius 2 is 0.850 bits per heavy atom. The first-order valence-electron chi connectivity index (χ1n) is 17.8. The van der Waals surface area contributed by atoms with Crippen molar-refractivity contribution < 1.29 is 20.1 Å². The molecule has 0 aromatic rings. The zero-order chi connectivity index (χ0) is 29.5. The number of rotatable bonds is 32. The number of aliphatic hydroxyl groups is 3. The molecule has 0 rings (SSSR count). The lowest BCUT2D eigenvalue weighted by Crippen LogP contribution is -2.46. The third-order valence-electron chi connectivity index (χ3n) is 8.42. The van der Waals surface area contributed by atoms with Gasteiger partial charge >= 0.3 is 0 Å². The van der Waals surface area contributed by atoms with Crippen LogP contribution in [0.15, 0.2) is 0 Å². The van der Waals surface area contributed by atoms with Gasteiger partial charge in [0.1, 0.15) is 0 Å². The number of aliphatic hydroxyl groups excluding tert-OH is 3. The first kappa shape index (κ1) is 39.4. The van der Waals surface area contributed by atoms with Crippen LogP contribution in [0.1, 0.15) is 194 Å². The van der Waals surface area contributed by atoms with Crippen LogP contribution in [0.3, 0.4) is 0 Å². The minimum absolute atomic E-state index is 0.0399. The third kappa shape index (κ3) is 27.5. The van der Waals surface area contributed by atoms with Crippen molar-refractivity contribution in [2.24, 2.45) is 0 Å². The molecule has 3 atom stereocenters. The fourth-order valence-corrected chi connectivity index (χ4v) is 5.64. The van der Waals surface area contributed by atoms with Crippen molar-refractivity contribution in [1.29, 1.82) is 0 Å². The van der Waals surface area contributed by atoms with Crippen LogP contribution in [0.25, 0.3) is 0 Å². The van der Waals surface area contributed by atoms with E-state index in [1.54, 1.807) is 0 Å². The molecule has 0 bridgehead atoms. The number of amides is 1. The number of nitrogens with one attached hydrogen (secondary N) is 1. The Hall–Kier alpha value is -0.650. The Morgan fingerprint density at radius 1 is 0.525 bits per heavy atom. The van der Waals surface area contributed by atoms with Crippen molar-refractivity contribution in [2.75, 3.05) is 6.61 Å². The molecule has 0 saturated carbocycles. The Labute approximate surface area is 249 Å². The summed E-state index contributed by atoms with van der Waals surface area (Å²) in [4.78, 5) is 12.3. The Morgan fingerprint density at radius 3 is 1.20 bits per heavy atom. The summed E-state index contributed by atoms with van der Waals surface area (Å²) in [5, 5.41) is 33.0. The number of hydrogen-bond acceptors (Lipinski definition) is 4. The molecule has 0 heterocycles. The van der Waals surface area contributed by atoms with Crippen LogP contribution in [-0.4, -0.2) is 46.1 Å². The van der Waals surface area contributed by atoms with Gasteiger partial charge in [-0.3, -0.25) is 4.79 Å². The van der Waals surface area contributed by atoms with Crippen LogP contribution in [0.2, 0.25) is 0 Å². The molecule has 0 aromatic carbocycles. The SMILES string of the molecule is CCCCCCCCCCCCCCCCCCCCC(O)C(CO)NC(=O)CC(O)CCCCCCCCC. The summed E-state index contributed by atoms with van der Waals surface area (Å²) < 4.78 is 0. The second kappa shape index (κ2) is 31.3. The van der Waals surface area contributed by atoms with Gasteiger partial charge < -0.3 is 20.6 Å². The van der Waals surface area contributed by atoms with E-state index in [9.17, 15) is 20.1 Å². The topological polar surface area (TPSA) is 89.8 Å². The molecule has 40 heavy (non-hydrogen) atoms. The van der Waals surface area contributed by atoms with E-state index < -0.39 is 18.2 Å².